The largest absolute Gasteiger partial charge is 0.328 e. The van der Waals surface area contributed by atoms with Crippen LogP contribution in [0.25, 0.3) is 0 Å². The highest BCUT2D eigenvalue weighted by atomic mass is 16.2. The minimum absolute atomic E-state index is 0.0127. The third kappa shape index (κ3) is 3.45. The number of pyridine rings is 1. The van der Waals surface area contributed by atoms with E-state index in [1.165, 1.54) is 5.82 Å². The molecular weight excluding hydrogens is 364 g/mol. The quantitative estimate of drug-likeness (QED) is 0.568. The number of imide groups is 1. The third-order valence-corrected chi connectivity index (χ3v) is 8.17. The van der Waals surface area contributed by atoms with Gasteiger partial charge in [-0.15, -0.1) is 0 Å². The van der Waals surface area contributed by atoms with Crippen molar-refractivity contribution in [3.8, 4) is 0 Å². The zero-order valence-electron chi connectivity index (χ0n) is 18.2. The Labute approximate surface area is 174 Å². The maximum Gasteiger partial charge on any atom is 0.274 e. The lowest BCUT2D eigenvalue weighted by molar-refractivity contribution is -0.900. The van der Waals surface area contributed by atoms with Crippen LogP contribution in [0.4, 0.5) is 5.82 Å². The Bertz CT molecular complexity index is 757. The molecule has 0 aromatic carbocycles. The summed E-state index contributed by atoms with van der Waals surface area (Å²) in [6.45, 7) is 12.4. The summed E-state index contributed by atoms with van der Waals surface area (Å²) in [5, 5.41) is 0. The van der Waals surface area contributed by atoms with Gasteiger partial charge < -0.3 is 4.90 Å². The number of piperidine rings is 1. The summed E-state index contributed by atoms with van der Waals surface area (Å²) in [6.07, 6.45) is 5.66. The summed E-state index contributed by atoms with van der Waals surface area (Å²) in [4.78, 5) is 35.0. The molecule has 2 bridgehead atoms. The molecule has 3 heterocycles. The number of piperazine rings is 1. The second-order valence-corrected chi connectivity index (χ2v) is 9.88. The number of nitrogens with one attached hydrogen (secondary N) is 2. The normalized spacial score (nSPS) is 29.6. The number of nitrogens with zero attached hydrogens (tertiary/aromatic N) is 2. The first kappa shape index (κ1) is 20.3. The minimum Gasteiger partial charge on any atom is -0.328 e. The van der Waals surface area contributed by atoms with E-state index >= 15 is 0 Å². The number of hydrogen-bond donors (Lipinski definition) is 1. The molecule has 3 fully saturated rings. The zero-order valence-corrected chi connectivity index (χ0v) is 18.2. The molecule has 3 aliphatic rings. The number of aromatic amines is 1. The molecule has 2 aliphatic heterocycles. The number of quaternary nitrogens is 1. The average molecular weight is 401 g/mol. The lowest BCUT2D eigenvalue weighted by Gasteiger charge is -2.47. The number of likely N-dealkylation sites (tertiary alicyclic amines) is 1. The van der Waals surface area contributed by atoms with Gasteiger partial charge in [-0.1, -0.05) is 26.8 Å². The number of aromatic nitrogens is 1. The van der Waals surface area contributed by atoms with Gasteiger partial charge in [0.15, 0.2) is 0 Å². The van der Waals surface area contributed by atoms with Crippen molar-refractivity contribution >= 4 is 17.6 Å². The van der Waals surface area contributed by atoms with Gasteiger partial charge in [-0.3, -0.25) is 19.4 Å². The van der Waals surface area contributed by atoms with E-state index in [0.717, 1.165) is 58.4 Å². The third-order valence-electron chi connectivity index (χ3n) is 8.17. The summed E-state index contributed by atoms with van der Waals surface area (Å²) >= 11 is 0. The van der Waals surface area contributed by atoms with Gasteiger partial charge in [0.25, 0.3) is 5.82 Å². The van der Waals surface area contributed by atoms with Crippen LogP contribution in [-0.2, 0) is 9.59 Å². The zero-order chi connectivity index (χ0) is 20.6. The summed E-state index contributed by atoms with van der Waals surface area (Å²) in [7, 11) is 0. The molecule has 4 rings (SSSR count). The van der Waals surface area contributed by atoms with Crippen molar-refractivity contribution in [2.45, 2.75) is 46.5 Å². The van der Waals surface area contributed by atoms with Gasteiger partial charge >= 0.3 is 0 Å². The Morgan fingerprint density at radius 1 is 1.14 bits per heavy atom. The Balaban J connectivity index is 1.23. The molecule has 2 saturated heterocycles. The fraction of sp³-hybridized carbons (Fsp3) is 0.696. The highest BCUT2D eigenvalue weighted by Gasteiger charge is 2.64. The fourth-order valence-electron chi connectivity index (χ4n) is 5.65. The molecule has 0 unspecified atom stereocenters. The van der Waals surface area contributed by atoms with Crippen LogP contribution in [0.15, 0.2) is 24.4 Å². The molecule has 2 atom stereocenters. The van der Waals surface area contributed by atoms with Crippen LogP contribution in [-0.4, -0.2) is 56.0 Å². The molecule has 1 saturated carbocycles. The van der Waals surface area contributed by atoms with Gasteiger partial charge in [-0.25, -0.2) is 4.98 Å². The van der Waals surface area contributed by atoms with Crippen LogP contribution in [0.3, 0.4) is 0 Å². The number of H-pyrrole nitrogens is 1. The second-order valence-electron chi connectivity index (χ2n) is 9.88. The highest BCUT2D eigenvalue weighted by molar-refractivity contribution is 6.03. The molecule has 29 heavy (non-hydrogen) atoms. The van der Waals surface area contributed by atoms with Crippen molar-refractivity contribution in [2.75, 3.05) is 44.2 Å². The van der Waals surface area contributed by atoms with Crippen LogP contribution in [0, 0.1) is 16.7 Å². The minimum atomic E-state index is -0.373. The van der Waals surface area contributed by atoms with E-state index in [1.807, 2.05) is 12.3 Å². The second kappa shape index (κ2) is 7.71. The smallest absolute Gasteiger partial charge is 0.274 e. The number of carbonyl (C=O) groups excluding carboxylic acids is 2. The van der Waals surface area contributed by atoms with E-state index in [2.05, 4.69) is 42.8 Å². The van der Waals surface area contributed by atoms with E-state index in [-0.39, 0.29) is 28.6 Å². The molecule has 2 amide bonds. The van der Waals surface area contributed by atoms with Crippen molar-refractivity contribution in [3.05, 3.63) is 24.4 Å². The summed E-state index contributed by atoms with van der Waals surface area (Å²) in [6, 6.07) is 6.21. The van der Waals surface area contributed by atoms with Crippen molar-refractivity contribution < 1.29 is 19.5 Å². The molecule has 1 aromatic heterocycles. The first-order valence-corrected chi connectivity index (χ1v) is 11.3. The van der Waals surface area contributed by atoms with E-state index in [9.17, 15) is 9.59 Å². The van der Waals surface area contributed by atoms with E-state index < -0.39 is 0 Å². The highest BCUT2D eigenvalue weighted by Crippen LogP contribution is 2.60. The number of unbranched alkanes of at least 4 members (excludes halogenated alkanes) is 1. The number of anilines is 1. The van der Waals surface area contributed by atoms with E-state index in [0.29, 0.717) is 6.54 Å². The van der Waals surface area contributed by atoms with Crippen molar-refractivity contribution in [1.82, 2.24) is 4.90 Å². The Morgan fingerprint density at radius 3 is 2.59 bits per heavy atom. The lowest BCUT2D eigenvalue weighted by atomic mass is 9.62. The first-order valence-electron chi connectivity index (χ1n) is 11.3. The monoisotopic (exact) mass is 400 g/mol. The molecule has 158 valence electrons. The van der Waals surface area contributed by atoms with Crippen LogP contribution in [0.2, 0.25) is 0 Å². The van der Waals surface area contributed by atoms with Crippen molar-refractivity contribution in [2.24, 2.45) is 16.7 Å². The number of carbonyl (C=O) groups is 2. The SMILES string of the molecule is CC1(C)[C@H]2CC[C@@]1(C)C(=O)N(CCCC[NH+]1CCN(c3cccc[nH+]3)CC1)C2=O. The van der Waals surface area contributed by atoms with Gasteiger partial charge in [-0.05, 0) is 37.2 Å². The van der Waals surface area contributed by atoms with Crippen molar-refractivity contribution in [3.63, 3.8) is 0 Å². The van der Waals surface area contributed by atoms with E-state index in [4.69, 9.17) is 0 Å². The molecule has 0 radical (unpaired) electrons. The molecule has 1 aliphatic carbocycles. The Kier molecular flexibility index (Phi) is 5.40. The topological polar surface area (TPSA) is 59.2 Å². The number of fused-ring (bicyclic) bond motifs is 2. The molecule has 6 heteroatoms. The maximum atomic E-state index is 13.1. The standard InChI is InChI=1S/C23H34N4O2/c1-22(2)18-9-10-23(22,3)21(29)27(20(18)28)13-7-6-12-25-14-16-26(17-15-25)19-8-4-5-11-24-19/h4-5,8,11,18H,6-7,9-10,12-17H2,1-3H3/p+2/t18-,23-/m0/s1. The van der Waals surface area contributed by atoms with Gasteiger partial charge in [0, 0.05) is 18.5 Å². The molecule has 0 spiro atoms. The average Bonchev–Trinajstić information content (AvgIpc) is 2.92. The summed E-state index contributed by atoms with van der Waals surface area (Å²) in [5.74, 6) is 1.36. The van der Waals surface area contributed by atoms with E-state index in [1.54, 1.807) is 9.80 Å². The number of rotatable bonds is 6. The number of hydrogen-bond acceptors (Lipinski definition) is 3. The van der Waals surface area contributed by atoms with Gasteiger partial charge in [0.2, 0.25) is 11.8 Å². The predicted molar refractivity (Wildman–Crippen MR) is 111 cm³/mol. The first-order chi connectivity index (χ1) is 13.8. The van der Waals surface area contributed by atoms with Gasteiger partial charge in [0.05, 0.1) is 18.2 Å². The summed E-state index contributed by atoms with van der Waals surface area (Å²) in [5.41, 5.74) is -0.584. The Hall–Kier alpha value is -1.95. The number of amides is 2. The van der Waals surface area contributed by atoms with Gasteiger partial charge in [0.1, 0.15) is 26.2 Å². The van der Waals surface area contributed by atoms with Crippen LogP contribution < -0.4 is 14.8 Å². The van der Waals surface area contributed by atoms with Crippen molar-refractivity contribution in [1.29, 1.82) is 0 Å². The molecule has 2 N–H and O–H groups in total. The van der Waals surface area contributed by atoms with Crippen LogP contribution in [0.1, 0.15) is 46.5 Å². The molecule has 1 aromatic rings. The van der Waals surface area contributed by atoms with Gasteiger partial charge in [-0.2, -0.15) is 0 Å². The predicted octanol–water partition coefficient (Wildman–Crippen LogP) is 0.797. The Morgan fingerprint density at radius 2 is 1.90 bits per heavy atom. The molecule has 6 nitrogen and oxygen atoms in total. The maximum absolute atomic E-state index is 13.1. The van der Waals surface area contributed by atoms with Crippen LogP contribution in [0.5, 0.6) is 0 Å². The lowest BCUT2D eigenvalue weighted by Crippen LogP contribution is -3.14. The summed E-state index contributed by atoms with van der Waals surface area (Å²) < 4.78 is 0. The fourth-order valence-corrected chi connectivity index (χ4v) is 5.65. The van der Waals surface area contributed by atoms with Crippen LogP contribution >= 0.6 is 0 Å². The molecular formula is C23H36N4O2+2.